The monoisotopic (exact) mass is 340 g/mol. The van der Waals surface area contributed by atoms with Crippen molar-refractivity contribution in [3.63, 3.8) is 0 Å². The maximum atomic E-state index is 13.8. The van der Waals surface area contributed by atoms with E-state index in [1.54, 1.807) is 0 Å². The van der Waals surface area contributed by atoms with E-state index in [4.69, 9.17) is 5.73 Å². The Hall–Kier alpha value is -2.29. The number of nitrogens with two attached hydrogens (primary N) is 1. The van der Waals surface area contributed by atoms with Crippen LogP contribution in [0.3, 0.4) is 0 Å². The number of rotatable bonds is 2. The molecule has 6 nitrogen and oxygen atoms in total. The van der Waals surface area contributed by atoms with E-state index in [1.165, 1.54) is 6.20 Å². The number of anilines is 3. The molecule has 0 aliphatic rings. The molecule has 1 aromatic carbocycles. The quantitative estimate of drug-likeness (QED) is 0.667. The number of hydrogen-bond donors (Lipinski definition) is 3. The second-order valence-corrected chi connectivity index (χ2v) is 4.85. The molecule has 20 heavy (non-hydrogen) atoms. The molecule has 0 spiro atoms. The number of nitrogens with zero attached hydrogens (tertiary/aromatic N) is 3. The third-order valence-electron chi connectivity index (χ3n) is 2.58. The highest BCUT2D eigenvalue weighted by molar-refractivity contribution is 9.10. The van der Waals surface area contributed by atoms with E-state index in [0.29, 0.717) is 15.5 Å². The third kappa shape index (κ3) is 2.16. The number of nitrogen functional groups attached to an aromatic ring is 1. The van der Waals surface area contributed by atoms with Crippen LogP contribution in [0.25, 0.3) is 11.0 Å². The first kappa shape index (κ1) is 12.7. The van der Waals surface area contributed by atoms with E-state index in [0.717, 1.165) is 12.1 Å². The Bertz CT molecular complexity index is 780. The molecular formula is C11H7BrF2N6. The number of aromatic amines is 1. The van der Waals surface area contributed by atoms with Gasteiger partial charge in [0.05, 0.1) is 11.6 Å². The van der Waals surface area contributed by atoms with Crippen LogP contribution in [0.5, 0.6) is 0 Å². The lowest BCUT2D eigenvalue weighted by Gasteiger charge is -2.09. The van der Waals surface area contributed by atoms with E-state index in [1.807, 2.05) is 0 Å². The second kappa shape index (κ2) is 4.67. The van der Waals surface area contributed by atoms with Crippen molar-refractivity contribution in [3.8, 4) is 0 Å². The summed E-state index contributed by atoms with van der Waals surface area (Å²) in [6, 6.07) is 2.28. The smallest absolute Gasteiger partial charge is 0.224 e. The zero-order valence-corrected chi connectivity index (χ0v) is 11.4. The number of H-pyrrole nitrogens is 1. The van der Waals surface area contributed by atoms with Crippen LogP contribution in [0, 0.1) is 11.6 Å². The van der Waals surface area contributed by atoms with Gasteiger partial charge in [-0.05, 0) is 12.1 Å². The van der Waals surface area contributed by atoms with Gasteiger partial charge in [-0.2, -0.15) is 15.1 Å². The summed E-state index contributed by atoms with van der Waals surface area (Å²) in [5, 5.41) is 9.44. The topological polar surface area (TPSA) is 92.5 Å². The summed E-state index contributed by atoms with van der Waals surface area (Å²) < 4.78 is 27.9. The minimum Gasteiger partial charge on any atom is -0.368 e. The SMILES string of the molecule is Nc1nc(Nc2c(F)cc(Br)cc2F)c2cn[nH]c2n1. The van der Waals surface area contributed by atoms with Crippen LogP contribution in [0.2, 0.25) is 0 Å². The van der Waals surface area contributed by atoms with Gasteiger partial charge in [0.1, 0.15) is 11.5 Å². The fourth-order valence-corrected chi connectivity index (χ4v) is 2.13. The maximum Gasteiger partial charge on any atom is 0.224 e. The van der Waals surface area contributed by atoms with Gasteiger partial charge in [-0.15, -0.1) is 0 Å². The average Bonchev–Trinajstić information content (AvgIpc) is 2.81. The van der Waals surface area contributed by atoms with Crippen LogP contribution in [0.1, 0.15) is 0 Å². The molecule has 3 rings (SSSR count). The summed E-state index contributed by atoms with van der Waals surface area (Å²) in [4.78, 5) is 7.83. The standard InChI is InChI=1S/C11H7BrF2N6/c12-4-1-6(13)8(7(14)2-4)17-9-5-3-16-20-10(5)19-11(15)18-9/h1-3H,(H4,15,16,17,18,19,20). The lowest BCUT2D eigenvalue weighted by Crippen LogP contribution is -2.03. The lowest BCUT2D eigenvalue weighted by molar-refractivity contribution is 0.589. The predicted octanol–water partition coefficient (Wildman–Crippen LogP) is 2.72. The van der Waals surface area contributed by atoms with Gasteiger partial charge in [0.2, 0.25) is 5.95 Å². The Balaban J connectivity index is 2.12. The highest BCUT2D eigenvalue weighted by Gasteiger charge is 2.14. The molecule has 9 heteroatoms. The van der Waals surface area contributed by atoms with Crippen LogP contribution in [0.15, 0.2) is 22.8 Å². The molecule has 0 saturated heterocycles. The molecule has 2 aromatic heterocycles. The molecule has 0 atom stereocenters. The van der Waals surface area contributed by atoms with Gasteiger partial charge in [0, 0.05) is 4.47 Å². The fraction of sp³-hybridized carbons (Fsp3) is 0. The molecule has 0 saturated carbocycles. The van der Waals surface area contributed by atoms with Gasteiger partial charge in [-0.25, -0.2) is 8.78 Å². The Morgan fingerprint density at radius 2 is 1.90 bits per heavy atom. The lowest BCUT2D eigenvalue weighted by atomic mass is 10.2. The zero-order chi connectivity index (χ0) is 14.3. The first-order valence-corrected chi connectivity index (χ1v) is 6.22. The Morgan fingerprint density at radius 1 is 1.20 bits per heavy atom. The van der Waals surface area contributed by atoms with Gasteiger partial charge in [0.15, 0.2) is 17.3 Å². The van der Waals surface area contributed by atoms with Gasteiger partial charge >= 0.3 is 0 Å². The average molecular weight is 341 g/mol. The van der Waals surface area contributed by atoms with Crippen molar-refractivity contribution in [2.75, 3.05) is 11.1 Å². The first-order chi connectivity index (χ1) is 9.54. The Morgan fingerprint density at radius 3 is 2.60 bits per heavy atom. The van der Waals surface area contributed by atoms with Crippen LogP contribution in [-0.4, -0.2) is 20.2 Å². The van der Waals surface area contributed by atoms with Crippen molar-refractivity contribution in [3.05, 3.63) is 34.4 Å². The van der Waals surface area contributed by atoms with Crippen molar-refractivity contribution in [1.29, 1.82) is 0 Å². The Kier molecular flexibility index (Phi) is 2.97. The van der Waals surface area contributed by atoms with Crippen LogP contribution in [-0.2, 0) is 0 Å². The van der Waals surface area contributed by atoms with Crippen molar-refractivity contribution in [1.82, 2.24) is 20.2 Å². The van der Waals surface area contributed by atoms with Gasteiger partial charge in [-0.3, -0.25) is 5.10 Å². The Labute approximate surface area is 119 Å². The minimum atomic E-state index is -0.759. The zero-order valence-electron chi connectivity index (χ0n) is 9.78. The molecule has 3 aromatic rings. The number of nitrogens with one attached hydrogen (secondary N) is 2. The highest BCUT2D eigenvalue weighted by atomic mass is 79.9. The third-order valence-corrected chi connectivity index (χ3v) is 3.04. The number of benzene rings is 1. The summed E-state index contributed by atoms with van der Waals surface area (Å²) in [5.74, 6) is -1.39. The van der Waals surface area contributed by atoms with Crippen molar-refractivity contribution < 1.29 is 8.78 Å². The molecule has 0 fully saturated rings. The molecule has 0 aliphatic carbocycles. The highest BCUT2D eigenvalue weighted by Crippen LogP contribution is 2.29. The largest absolute Gasteiger partial charge is 0.368 e. The molecule has 0 unspecified atom stereocenters. The summed E-state index contributed by atoms with van der Waals surface area (Å²) in [6.45, 7) is 0. The van der Waals surface area contributed by atoms with Crippen molar-refractivity contribution in [2.45, 2.75) is 0 Å². The normalized spacial score (nSPS) is 10.9. The summed E-state index contributed by atoms with van der Waals surface area (Å²) >= 11 is 3.01. The van der Waals surface area contributed by atoms with E-state index in [9.17, 15) is 8.78 Å². The molecule has 0 radical (unpaired) electrons. The maximum absolute atomic E-state index is 13.8. The van der Waals surface area contributed by atoms with E-state index in [2.05, 4.69) is 41.4 Å². The predicted molar refractivity (Wildman–Crippen MR) is 73.4 cm³/mol. The van der Waals surface area contributed by atoms with Gasteiger partial charge in [0.25, 0.3) is 0 Å². The van der Waals surface area contributed by atoms with E-state index < -0.39 is 11.6 Å². The van der Waals surface area contributed by atoms with Crippen LogP contribution in [0.4, 0.5) is 26.2 Å². The fourth-order valence-electron chi connectivity index (χ4n) is 1.73. The van der Waals surface area contributed by atoms with Gasteiger partial charge in [-0.1, -0.05) is 15.9 Å². The van der Waals surface area contributed by atoms with E-state index >= 15 is 0 Å². The van der Waals surface area contributed by atoms with E-state index in [-0.39, 0.29) is 17.5 Å². The first-order valence-electron chi connectivity index (χ1n) is 5.43. The molecular weight excluding hydrogens is 334 g/mol. The number of fused-ring (bicyclic) bond motifs is 1. The van der Waals surface area contributed by atoms with Crippen molar-refractivity contribution >= 4 is 44.4 Å². The number of aromatic nitrogens is 4. The molecule has 4 N–H and O–H groups in total. The molecule has 102 valence electrons. The number of halogens is 3. The molecule has 0 aliphatic heterocycles. The second-order valence-electron chi connectivity index (χ2n) is 3.93. The summed E-state index contributed by atoms with van der Waals surface area (Å²) in [7, 11) is 0. The minimum absolute atomic E-state index is 0.0396. The van der Waals surface area contributed by atoms with Crippen LogP contribution < -0.4 is 11.1 Å². The molecule has 0 amide bonds. The molecule has 2 heterocycles. The summed E-state index contributed by atoms with van der Waals surface area (Å²) in [6.07, 6.45) is 1.44. The number of hydrogen-bond acceptors (Lipinski definition) is 5. The van der Waals surface area contributed by atoms with Gasteiger partial charge < -0.3 is 11.1 Å². The van der Waals surface area contributed by atoms with Crippen molar-refractivity contribution in [2.24, 2.45) is 0 Å². The summed E-state index contributed by atoms with van der Waals surface area (Å²) in [5.41, 5.74) is 5.58. The molecule has 0 bridgehead atoms. The van der Waals surface area contributed by atoms with Crippen LogP contribution >= 0.6 is 15.9 Å².